The summed E-state index contributed by atoms with van der Waals surface area (Å²) in [6.07, 6.45) is 0.641. The van der Waals surface area contributed by atoms with E-state index in [1.807, 2.05) is 12.1 Å². The van der Waals surface area contributed by atoms with Gasteiger partial charge in [0.1, 0.15) is 0 Å². The van der Waals surface area contributed by atoms with Gasteiger partial charge in [-0.1, -0.05) is 15.9 Å². The first-order chi connectivity index (χ1) is 7.65. The Morgan fingerprint density at radius 1 is 1.44 bits per heavy atom. The molecule has 1 atom stereocenters. The van der Waals surface area contributed by atoms with E-state index >= 15 is 0 Å². The second kappa shape index (κ2) is 3.35. The Morgan fingerprint density at radius 3 is 3.00 bits per heavy atom. The Labute approximate surface area is 101 Å². The highest BCUT2D eigenvalue weighted by molar-refractivity contribution is 9.10. The second-order valence-electron chi connectivity index (χ2n) is 4.19. The molecule has 0 aliphatic carbocycles. The molecule has 1 aromatic carbocycles. The molecular weight excluding hydrogens is 270 g/mol. The summed E-state index contributed by atoms with van der Waals surface area (Å²) in [7, 11) is 0. The summed E-state index contributed by atoms with van der Waals surface area (Å²) < 4.78 is 3.17. The summed E-state index contributed by atoms with van der Waals surface area (Å²) in [6.45, 7) is 0.593. The molecule has 0 amide bonds. The molecule has 82 valence electrons. The molecule has 1 aliphatic rings. The van der Waals surface area contributed by atoms with Gasteiger partial charge in [0.2, 0.25) is 0 Å². The zero-order chi connectivity index (χ0) is 11.3. The number of fused-ring (bicyclic) bond motifs is 3. The van der Waals surface area contributed by atoms with Crippen molar-refractivity contribution in [3.63, 3.8) is 0 Å². The van der Waals surface area contributed by atoms with Crippen LogP contribution in [-0.2, 0) is 17.8 Å². The van der Waals surface area contributed by atoms with Gasteiger partial charge in [0, 0.05) is 34.0 Å². The summed E-state index contributed by atoms with van der Waals surface area (Å²) in [5.74, 6) is -0.961. The first kappa shape index (κ1) is 9.90. The van der Waals surface area contributed by atoms with Crippen molar-refractivity contribution >= 4 is 32.8 Å². The molecule has 3 rings (SSSR count). The van der Waals surface area contributed by atoms with Crippen LogP contribution < -0.4 is 0 Å². The van der Waals surface area contributed by atoms with Crippen molar-refractivity contribution in [2.75, 3.05) is 0 Å². The van der Waals surface area contributed by atoms with E-state index in [9.17, 15) is 4.79 Å². The SMILES string of the molecule is O=C(O)C1Cc2cc3cc(Br)ccc3n2C1. The summed E-state index contributed by atoms with van der Waals surface area (Å²) in [5.41, 5.74) is 2.25. The van der Waals surface area contributed by atoms with E-state index in [0.29, 0.717) is 13.0 Å². The van der Waals surface area contributed by atoms with Crippen LogP contribution in [0, 0.1) is 5.92 Å². The second-order valence-corrected chi connectivity index (χ2v) is 5.10. The number of carboxylic acid groups (broad SMARTS) is 1. The topological polar surface area (TPSA) is 42.2 Å². The molecule has 0 bridgehead atoms. The zero-order valence-electron chi connectivity index (χ0n) is 8.48. The van der Waals surface area contributed by atoms with Crippen molar-refractivity contribution in [3.05, 3.63) is 34.4 Å². The maximum absolute atomic E-state index is 10.9. The van der Waals surface area contributed by atoms with Crippen LogP contribution in [0.1, 0.15) is 5.69 Å². The summed E-state index contributed by atoms with van der Waals surface area (Å²) in [4.78, 5) is 10.9. The first-order valence-electron chi connectivity index (χ1n) is 5.15. The third-order valence-electron chi connectivity index (χ3n) is 3.16. The molecule has 0 saturated carbocycles. The largest absolute Gasteiger partial charge is 0.481 e. The van der Waals surface area contributed by atoms with Gasteiger partial charge in [-0.25, -0.2) is 0 Å². The van der Waals surface area contributed by atoms with Crippen LogP contribution in [-0.4, -0.2) is 15.6 Å². The molecule has 1 unspecified atom stereocenters. The van der Waals surface area contributed by atoms with E-state index < -0.39 is 5.97 Å². The van der Waals surface area contributed by atoms with Crippen molar-refractivity contribution in [2.24, 2.45) is 5.92 Å². The molecule has 3 nitrogen and oxygen atoms in total. The average Bonchev–Trinajstić information content (AvgIpc) is 2.73. The van der Waals surface area contributed by atoms with Crippen molar-refractivity contribution in [3.8, 4) is 0 Å². The predicted molar refractivity (Wildman–Crippen MR) is 64.5 cm³/mol. The van der Waals surface area contributed by atoms with Crippen LogP contribution in [0.3, 0.4) is 0 Å². The average molecular weight is 280 g/mol. The van der Waals surface area contributed by atoms with Crippen molar-refractivity contribution in [2.45, 2.75) is 13.0 Å². The smallest absolute Gasteiger partial charge is 0.308 e. The quantitative estimate of drug-likeness (QED) is 0.872. The number of carbonyl (C=O) groups is 1. The fourth-order valence-electron chi connectivity index (χ4n) is 2.39. The Balaban J connectivity index is 2.12. The van der Waals surface area contributed by atoms with Crippen molar-refractivity contribution < 1.29 is 9.90 Å². The van der Waals surface area contributed by atoms with Gasteiger partial charge >= 0.3 is 5.97 Å². The van der Waals surface area contributed by atoms with Crippen molar-refractivity contribution in [1.82, 2.24) is 4.57 Å². The third kappa shape index (κ3) is 1.37. The van der Waals surface area contributed by atoms with E-state index in [1.54, 1.807) is 0 Å². The summed E-state index contributed by atoms with van der Waals surface area (Å²) >= 11 is 3.44. The number of nitrogens with zero attached hydrogens (tertiary/aromatic N) is 1. The maximum Gasteiger partial charge on any atom is 0.308 e. The van der Waals surface area contributed by atoms with Gasteiger partial charge in [-0.05, 0) is 24.3 Å². The fourth-order valence-corrected chi connectivity index (χ4v) is 2.77. The van der Waals surface area contributed by atoms with Gasteiger partial charge in [-0.3, -0.25) is 4.79 Å². The first-order valence-corrected chi connectivity index (χ1v) is 5.95. The summed E-state index contributed by atoms with van der Waals surface area (Å²) in [6, 6.07) is 8.18. The number of halogens is 1. The molecular formula is C12H10BrNO2. The van der Waals surface area contributed by atoms with Crippen LogP contribution in [0.15, 0.2) is 28.7 Å². The highest BCUT2D eigenvalue weighted by Crippen LogP contribution is 2.30. The van der Waals surface area contributed by atoms with E-state index in [4.69, 9.17) is 5.11 Å². The lowest BCUT2D eigenvalue weighted by atomic mass is 10.1. The molecule has 2 heterocycles. The molecule has 0 spiro atoms. The number of hydrogen-bond donors (Lipinski definition) is 1. The number of aromatic nitrogens is 1. The molecule has 2 aromatic rings. The van der Waals surface area contributed by atoms with Crippen LogP contribution in [0.4, 0.5) is 0 Å². The minimum atomic E-state index is -0.700. The molecule has 0 saturated heterocycles. The third-order valence-corrected chi connectivity index (χ3v) is 3.65. The van der Waals surface area contributed by atoms with Gasteiger partial charge in [-0.2, -0.15) is 0 Å². The monoisotopic (exact) mass is 279 g/mol. The Bertz CT molecular complexity index is 588. The lowest BCUT2D eigenvalue weighted by Gasteiger charge is -2.03. The molecule has 0 radical (unpaired) electrons. The molecule has 16 heavy (non-hydrogen) atoms. The van der Waals surface area contributed by atoms with E-state index in [-0.39, 0.29) is 5.92 Å². The highest BCUT2D eigenvalue weighted by atomic mass is 79.9. The van der Waals surface area contributed by atoms with Gasteiger partial charge in [0.05, 0.1) is 5.92 Å². The normalized spacial score (nSPS) is 18.9. The van der Waals surface area contributed by atoms with Crippen molar-refractivity contribution in [1.29, 1.82) is 0 Å². The molecule has 0 fully saturated rings. The zero-order valence-corrected chi connectivity index (χ0v) is 10.1. The minimum Gasteiger partial charge on any atom is -0.481 e. The highest BCUT2D eigenvalue weighted by Gasteiger charge is 2.28. The Hall–Kier alpha value is -1.29. The number of aliphatic carboxylic acids is 1. The lowest BCUT2D eigenvalue weighted by Crippen LogP contribution is -2.14. The van der Waals surface area contributed by atoms with E-state index in [2.05, 4.69) is 32.6 Å². The Morgan fingerprint density at radius 2 is 2.25 bits per heavy atom. The van der Waals surface area contributed by atoms with Crippen LogP contribution >= 0.6 is 15.9 Å². The van der Waals surface area contributed by atoms with E-state index in [0.717, 1.165) is 15.7 Å². The minimum absolute atomic E-state index is 0.261. The van der Waals surface area contributed by atoms with Crippen LogP contribution in [0.5, 0.6) is 0 Å². The van der Waals surface area contributed by atoms with Crippen LogP contribution in [0.25, 0.3) is 10.9 Å². The van der Waals surface area contributed by atoms with Gasteiger partial charge < -0.3 is 9.67 Å². The number of benzene rings is 1. The molecule has 1 aliphatic heterocycles. The number of hydrogen-bond acceptors (Lipinski definition) is 1. The predicted octanol–water partition coefficient (Wildman–Crippen LogP) is 2.66. The summed E-state index contributed by atoms with van der Waals surface area (Å²) in [5, 5.41) is 10.2. The molecule has 1 aromatic heterocycles. The lowest BCUT2D eigenvalue weighted by molar-refractivity contribution is -0.141. The Kier molecular flexibility index (Phi) is 2.07. The number of carboxylic acids is 1. The number of rotatable bonds is 1. The standard InChI is InChI=1S/C12H10BrNO2/c13-9-1-2-11-7(3-9)4-10-5-8(12(15)16)6-14(10)11/h1-4,8H,5-6H2,(H,15,16). The van der Waals surface area contributed by atoms with Gasteiger partial charge in [-0.15, -0.1) is 0 Å². The maximum atomic E-state index is 10.9. The van der Waals surface area contributed by atoms with Gasteiger partial charge in [0.15, 0.2) is 0 Å². The van der Waals surface area contributed by atoms with Crippen LogP contribution in [0.2, 0.25) is 0 Å². The van der Waals surface area contributed by atoms with E-state index in [1.165, 1.54) is 5.39 Å². The molecule has 1 N–H and O–H groups in total. The van der Waals surface area contributed by atoms with Gasteiger partial charge in [0.25, 0.3) is 0 Å². The molecule has 4 heteroatoms. The fraction of sp³-hybridized carbons (Fsp3) is 0.250.